The van der Waals surface area contributed by atoms with E-state index in [1.165, 1.54) is 21.5 Å². The number of hydrogen-bond donors (Lipinski definition) is 0. The summed E-state index contributed by atoms with van der Waals surface area (Å²) in [5, 5.41) is 4.77. The molecule has 0 N–H and O–H groups in total. The van der Waals surface area contributed by atoms with Gasteiger partial charge in [0.15, 0.2) is 0 Å². The second-order valence-corrected chi connectivity index (χ2v) is 30.5. The lowest BCUT2D eigenvalue weighted by Gasteiger charge is -2.40. The van der Waals surface area contributed by atoms with E-state index < -0.39 is 0 Å². The third kappa shape index (κ3) is 15.6. The van der Waals surface area contributed by atoms with E-state index in [2.05, 4.69) is 374 Å². The number of benzene rings is 14. The van der Waals surface area contributed by atoms with Gasteiger partial charge in [0, 0.05) is 83.9 Å². The topological polar surface area (TPSA) is 68.3 Å². The Labute approximate surface area is 653 Å². The van der Waals surface area contributed by atoms with Crippen molar-refractivity contribution in [2.45, 2.75) is 59.9 Å². The van der Waals surface area contributed by atoms with E-state index in [0.717, 1.165) is 177 Å². The Balaban J connectivity index is 0.613. The molecule has 14 aromatic carbocycles. The molecule has 0 unspecified atom stereocenters. The van der Waals surface area contributed by atoms with E-state index in [0.29, 0.717) is 39.6 Å². The van der Waals surface area contributed by atoms with Crippen LogP contribution in [0.2, 0.25) is 0 Å². The van der Waals surface area contributed by atoms with Gasteiger partial charge in [-0.15, -0.1) is 0 Å². The second kappa shape index (κ2) is 32.6. The summed E-state index contributed by atoms with van der Waals surface area (Å²) in [5.41, 5.74) is 23.6. The summed E-state index contributed by atoms with van der Waals surface area (Å²) in [7, 11) is 0. The molecule has 3 aliphatic rings. The van der Waals surface area contributed by atoms with Crippen LogP contribution in [0.15, 0.2) is 334 Å². The molecule has 0 amide bonds. The molecule has 0 aliphatic carbocycles. The molecule has 3 fully saturated rings. The average molecular weight is 1460 g/mol. The first-order chi connectivity index (χ1) is 54.7. The summed E-state index contributed by atoms with van der Waals surface area (Å²) < 4.78 is 35.6. The lowest BCUT2D eigenvalue weighted by atomic mass is 9.84. The van der Waals surface area contributed by atoms with Gasteiger partial charge in [-0.3, -0.25) is 0 Å². The number of para-hydroxylation sites is 1. The normalized spacial score (nSPS) is 14.6. The fourth-order valence-corrected chi connectivity index (χ4v) is 15.7. The van der Waals surface area contributed by atoms with Crippen LogP contribution in [0.5, 0.6) is 0 Å². The van der Waals surface area contributed by atoms with Crippen molar-refractivity contribution < 1.29 is 28.4 Å². The van der Waals surface area contributed by atoms with Crippen LogP contribution in [0.25, 0.3) is 54.9 Å². The molecular formula is C101H94N4O6. The van der Waals surface area contributed by atoms with Crippen LogP contribution in [-0.2, 0) is 48.2 Å². The number of anilines is 12. The van der Waals surface area contributed by atoms with E-state index >= 15 is 0 Å². The molecule has 3 heterocycles. The van der Waals surface area contributed by atoms with Crippen molar-refractivity contribution in [2.75, 3.05) is 79.1 Å². The van der Waals surface area contributed by atoms with Crippen molar-refractivity contribution in [1.82, 2.24) is 0 Å². The smallest absolute Gasteiger partial charge is 0.0717 e. The molecule has 0 aromatic heterocycles. The molecule has 0 bridgehead atoms. The van der Waals surface area contributed by atoms with Crippen molar-refractivity contribution in [3.05, 3.63) is 350 Å². The van der Waals surface area contributed by atoms with Crippen LogP contribution in [-0.4, -0.2) is 59.5 Å². The predicted octanol–water partition coefficient (Wildman–Crippen LogP) is 25.7. The summed E-state index contributed by atoms with van der Waals surface area (Å²) in [6, 6.07) is 121. The third-order valence-electron chi connectivity index (χ3n) is 23.1. The van der Waals surface area contributed by atoms with Crippen LogP contribution in [0, 0.1) is 16.2 Å². The molecule has 3 aliphatic heterocycles. The van der Waals surface area contributed by atoms with Crippen molar-refractivity contribution >= 4 is 89.8 Å². The van der Waals surface area contributed by atoms with Gasteiger partial charge in [0.05, 0.1) is 90.7 Å². The maximum Gasteiger partial charge on any atom is 0.0717 e. The lowest BCUT2D eigenvalue weighted by molar-refractivity contribution is -0.152. The summed E-state index contributed by atoms with van der Waals surface area (Å²) in [6.07, 6.45) is 3.16. The Morgan fingerprint density at radius 2 is 0.459 bits per heavy atom. The minimum absolute atomic E-state index is 0.124. The van der Waals surface area contributed by atoms with Gasteiger partial charge < -0.3 is 48.0 Å². The van der Waals surface area contributed by atoms with Crippen molar-refractivity contribution in [3.8, 4) is 33.4 Å². The highest BCUT2D eigenvalue weighted by Crippen LogP contribution is 2.46. The number of fused-ring (bicyclic) bond motifs is 2. The first-order valence-electron chi connectivity index (χ1n) is 39.3. The standard InChI is InChI=1S/C101H94N4O6/c1-4-99(68-109-69-99)65-106-62-74-26-44-86(45-27-74)103(90-56-38-80(39-57-90)82-42-60-94(61-43-82)105(98-25-15-19-84-17-11-13-23-96(84)98)92-48-30-76(31-49-92)64-108-67-101(6-3)72-111-73-101)89-54-36-78(37-55-89)77-32-50-87(51-33-77)102(85-20-8-7-9-21-85)88-52-34-79(35-53-88)81-40-58-93(59-41-81)104(97-24-14-18-83-16-10-12-22-95(83)97)91-46-28-75(29-47-91)63-107-66-100(5-2)70-110-71-100/h7-61H,4-6,62-73H2,1-3H3. The van der Waals surface area contributed by atoms with Crippen LogP contribution < -0.4 is 19.6 Å². The maximum atomic E-state index is 6.34. The van der Waals surface area contributed by atoms with E-state index in [-0.39, 0.29) is 16.2 Å². The number of nitrogens with zero attached hydrogens (tertiary/aromatic N) is 4. The van der Waals surface area contributed by atoms with Gasteiger partial charge in [0.1, 0.15) is 0 Å². The van der Waals surface area contributed by atoms with Crippen LogP contribution >= 0.6 is 0 Å². The summed E-state index contributed by atoms with van der Waals surface area (Å²) in [6.45, 7) is 15.1. The molecule has 111 heavy (non-hydrogen) atoms. The number of rotatable bonds is 30. The monoisotopic (exact) mass is 1460 g/mol. The van der Waals surface area contributed by atoms with E-state index in [9.17, 15) is 0 Å². The Bertz CT molecular complexity index is 5390. The van der Waals surface area contributed by atoms with E-state index in [1.54, 1.807) is 0 Å². The van der Waals surface area contributed by atoms with Gasteiger partial charge in [0.25, 0.3) is 0 Å². The largest absolute Gasteiger partial charge is 0.380 e. The molecule has 10 heteroatoms. The minimum Gasteiger partial charge on any atom is -0.380 e. The highest BCUT2D eigenvalue weighted by Gasteiger charge is 2.39. The zero-order valence-corrected chi connectivity index (χ0v) is 63.6. The van der Waals surface area contributed by atoms with Crippen LogP contribution in [0.1, 0.15) is 56.7 Å². The Kier molecular flexibility index (Phi) is 21.3. The zero-order valence-electron chi connectivity index (χ0n) is 63.6. The quantitative estimate of drug-likeness (QED) is 0.0435. The van der Waals surface area contributed by atoms with Crippen LogP contribution in [0.3, 0.4) is 0 Å². The molecular weight excluding hydrogens is 1370 g/mol. The Hall–Kier alpha value is -11.4. The van der Waals surface area contributed by atoms with Gasteiger partial charge in [0.2, 0.25) is 0 Å². The first-order valence-corrected chi connectivity index (χ1v) is 39.3. The molecule has 17 rings (SSSR count). The fraction of sp³-hybridized carbons (Fsp3) is 0.208. The van der Waals surface area contributed by atoms with Gasteiger partial charge in [-0.25, -0.2) is 0 Å². The molecule has 0 spiro atoms. The average Bonchev–Trinajstić information content (AvgIpc) is 0.780. The van der Waals surface area contributed by atoms with Gasteiger partial charge in [-0.05, 0) is 214 Å². The van der Waals surface area contributed by atoms with Crippen molar-refractivity contribution in [1.29, 1.82) is 0 Å². The molecule has 554 valence electrons. The summed E-state index contributed by atoms with van der Waals surface area (Å²) >= 11 is 0. The van der Waals surface area contributed by atoms with Crippen LogP contribution in [0.4, 0.5) is 68.2 Å². The van der Waals surface area contributed by atoms with Gasteiger partial charge in [-0.2, -0.15) is 0 Å². The minimum atomic E-state index is 0.124. The Morgan fingerprint density at radius 3 is 0.712 bits per heavy atom. The molecule has 14 aromatic rings. The maximum absolute atomic E-state index is 6.34. The molecule has 0 saturated carbocycles. The van der Waals surface area contributed by atoms with E-state index in [4.69, 9.17) is 28.4 Å². The van der Waals surface area contributed by atoms with Gasteiger partial charge in [-0.1, -0.05) is 221 Å². The third-order valence-corrected chi connectivity index (χ3v) is 23.1. The Morgan fingerprint density at radius 1 is 0.234 bits per heavy atom. The number of ether oxygens (including phenoxy) is 6. The summed E-state index contributed by atoms with van der Waals surface area (Å²) in [5.74, 6) is 0. The SMILES string of the molecule is CCC1(COCc2ccc(N(c3ccc(-c4ccc(N(c5ccccc5)c5ccc(-c6ccc(N(c7ccc(COCC8(CC)COC8)cc7)c7cccc8ccccc78)cc6)cc5)cc4)cc3)c3ccc(-c4ccc(N(c5ccc(COCC6(CC)COC6)cc5)c5cccc6ccccc56)cc4)cc3)cc2)COC1. The molecule has 3 saturated heterocycles. The fourth-order valence-electron chi connectivity index (χ4n) is 15.7. The molecule has 0 atom stereocenters. The molecule has 10 nitrogen and oxygen atoms in total. The highest BCUT2D eigenvalue weighted by molar-refractivity contribution is 6.00. The first kappa shape index (κ1) is 72.4. The van der Waals surface area contributed by atoms with Crippen molar-refractivity contribution in [2.24, 2.45) is 16.2 Å². The lowest BCUT2D eigenvalue weighted by Crippen LogP contribution is -2.45. The predicted molar refractivity (Wildman–Crippen MR) is 456 cm³/mol. The van der Waals surface area contributed by atoms with E-state index in [1.807, 2.05) is 0 Å². The second-order valence-electron chi connectivity index (χ2n) is 30.5. The van der Waals surface area contributed by atoms with Gasteiger partial charge >= 0.3 is 0 Å². The molecule has 0 radical (unpaired) electrons. The summed E-state index contributed by atoms with van der Waals surface area (Å²) in [4.78, 5) is 9.41. The highest BCUT2D eigenvalue weighted by atomic mass is 16.5. The zero-order chi connectivity index (χ0) is 75.0. The van der Waals surface area contributed by atoms with Crippen molar-refractivity contribution in [3.63, 3.8) is 0 Å². The number of hydrogen-bond acceptors (Lipinski definition) is 10.